The van der Waals surface area contributed by atoms with Crippen LogP contribution in [0, 0.1) is 5.92 Å². The molecule has 92 valence electrons. The van der Waals surface area contributed by atoms with Crippen molar-refractivity contribution < 1.29 is 9.53 Å². The van der Waals surface area contributed by atoms with Crippen LogP contribution in [0.4, 0.5) is 0 Å². The van der Waals surface area contributed by atoms with Gasteiger partial charge in [0.25, 0.3) is 0 Å². The number of ether oxygens (including phenoxy) is 1. The first-order valence-corrected chi connectivity index (χ1v) is 6.33. The van der Waals surface area contributed by atoms with Crippen molar-refractivity contribution in [2.24, 2.45) is 5.92 Å². The molecule has 4 heteroatoms. The van der Waals surface area contributed by atoms with Crippen LogP contribution in [0.5, 0.6) is 0 Å². The van der Waals surface area contributed by atoms with E-state index in [-0.39, 0.29) is 11.9 Å². The van der Waals surface area contributed by atoms with Crippen molar-refractivity contribution in [3.05, 3.63) is 0 Å². The summed E-state index contributed by atoms with van der Waals surface area (Å²) in [6.45, 7) is 3.53. The minimum atomic E-state index is 0.0644. The fourth-order valence-corrected chi connectivity index (χ4v) is 2.59. The maximum absolute atomic E-state index is 12.0. The third kappa shape index (κ3) is 2.95. The van der Waals surface area contributed by atoms with Crippen molar-refractivity contribution in [3.8, 4) is 0 Å². The molecule has 0 radical (unpaired) electrons. The van der Waals surface area contributed by atoms with Crippen molar-refractivity contribution in [1.29, 1.82) is 0 Å². The molecule has 0 saturated carbocycles. The first-order valence-electron chi connectivity index (χ1n) is 6.33. The van der Waals surface area contributed by atoms with E-state index in [2.05, 4.69) is 5.32 Å². The Hall–Kier alpha value is -0.610. The van der Waals surface area contributed by atoms with Crippen LogP contribution >= 0.6 is 0 Å². The van der Waals surface area contributed by atoms with Gasteiger partial charge in [0.15, 0.2) is 0 Å². The molecule has 1 amide bonds. The summed E-state index contributed by atoms with van der Waals surface area (Å²) < 4.78 is 5.43. The van der Waals surface area contributed by atoms with Crippen molar-refractivity contribution in [2.75, 3.05) is 33.4 Å². The van der Waals surface area contributed by atoms with Gasteiger partial charge in [-0.05, 0) is 38.1 Å². The number of carbonyl (C=O) groups excluding carboxylic acids is 1. The van der Waals surface area contributed by atoms with E-state index in [1.807, 2.05) is 11.9 Å². The molecule has 2 saturated heterocycles. The molecule has 0 spiro atoms. The number of likely N-dealkylation sites (N-methyl/N-ethyl adjacent to an activating group) is 1. The Kier molecular flexibility index (Phi) is 4.18. The van der Waals surface area contributed by atoms with E-state index in [0.29, 0.717) is 5.92 Å². The number of rotatable bonds is 3. The maximum atomic E-state index is 12.0. The number of nitrogens with zero attached hydrogens (tertiary/aromatic N) is 1. The molecule has 0 aromatic rings. The van der Waals surface area contributed by atoms with Crippen LogP contribution in [0.15, 0.2) is 0 Å². The molecule has 0 aromatic heterocycles. The van der Waals surface area contributed by atoms with Crippen LogP contribution in [0.2, 0.25) is 0 Å². The minimum absolute atomic E-state index is 0.0644. The molecule has 2 atom stereocenters. The molecule has 1 unspecified atom stereocenters. The topological polar surface area (TPSA) is 41.6 Å². The quantitative estimate of drug-likeness (QED) is 0.767. The average molecular weight is 226 g/mol. The Morgan fingerprint density at radius 1 is 1.44 bits per heavy atom. The first-order chi connectivity index (χ1) is 7.77. The summed E-state index contributed by atoms with van der Waals surface area (Å²) in [5.74, 6) is 0.784. The van der Waals surface area contributed by atoms with Crippen LogP contribution in [-0.2, 0) is 9.53 Å². The second kappa shape index (κ2) is 5.64. The molecular weight excluding hydrogens is 204 g/mol. The standard InChI is InChI=1S/C12H22N2O2/c1-14(8-10-4-3-7-16-9-10)12(15)11-5-2-6-13-11/h10-11,13H,2-9H2,1H3/t10?,11-/m1/s1. The van der Waals surface area contributed by atoms with Gasteiger partial charge in [0.05, 0.1) is 12.6 Å². The number of carbonyl (C=O) groups is 1. The predicted octanol–water partition coefficient (Wildman–Crippen LogP) is 0.623. The normalized spacial score (nSPS) is 30.3. The molecule has 0 aromatic carbocycles. The summed E-state index contributed by atoms with van der Waals surface area (Å²) in [7, 11) is 1.91. The SMILES string of the molecule is CN(CC1CCCOC1)C(=O)[C@H]1CCCN1. The largest absolute Gasteiger partial charge is 0.381 e. The van der Waals surface area contributed by atoms with Gasteiger partial charge in [-0.1, -0.05) is 0 Å². The molecular formula is C12H22N2O2. The van der Waals surface area contributed by atoms with Crippen molar-refractivity contribution >= 4 is 5.91 Å². The molecule has 2 rings (SSSR count). The lowest BCUT2D eigenvalue weighted by Crippen LogP contribution is -2.44. The van der Waals surface area contributed by atoms with Crippen LogP contribution < -0.4 is 5.32 Å². The zero-order valence-electron chi connectivity index (χ0n) is 10.1. The lowest BCUT2D eigenvalue weighted by atomic mass is 10.0. The van der Waals surface area contributed by atoms with Gasteiger partial charge in [-0.3, -0.25) is 4.79 Å². The highest BCUT2D eigenvalue weighted by Gasteiger charge is 2.26. The molecule has 0 aliphatic carbocycles. The fraction of sp³-hybridized carbons (Fsp3) is 0.917. The van der Waals surface area contributed by atoms with E-state index in [9.17, 15) is 4.79 Å². The molecule has 1 N–H and O–H groups in total. The fourth-order valence-electron chi connectivity index (χ4n) is 2.59. The number of nitrogens with one attached hydrogen (secondary N) is 1. The van der Waals surface area contributed by atoms with E-state index in [1.54, 1.807) is 0 Å². The van der Waals surface area contributed by atoms with Crippen molar-refractivity contribution in [2.45, 2.75) is 31.7 Å². The smallest absolute Gasteiger partial charge is 0.239 e. The van der Waals surface area contributed by atoms with E-state index < -0.39 is 0 Å². The summed E-state index contributed by atoms with van der Waals surface area (Å²) in [5, 5.41) is 3.25. The molecule has 2 aliphatic heterocycles. The highest BCUT2D eigenvalue weighted by atomic mass is 16.5. The van der Waals surface area contributed by atoms with Crippen LogP contribution in [0.25, 0.3) is 0 Å². The number of amides is 1. The van der Waals surface area contributed by atoms with Gasteiger partial charge in [-0.2, -0.15) is 0 Å². The predicted molar refractivity (Wildman–Crippen MR) is 62.2 cm³/mol. The lowest BCUT2D eigenvalue weighted by molar-refractivity contribution is -0.132. The minimum Gasteiger partial charge on any atom is -0.381 e. The van der Waals surface area contributed by atoms with Gasteiger partial charge in [-0.25, -0.2) is 0 Å². The Bertz CT molecular complexity index is 233. The van der Waals surface area contributed by atoms with Crippen molar-refractivity contribution in [3.63, 3.8) is 0 Å². The van der Waals surface area contributed by atoms with Crippen LogP contribution in [0.3, 0.4) is 0 Å². The Labute approximate surface area is 97.3 Å². The Morgan fingerprint density at radius 2 is 2.31 bits per heavy atom. The van der Waals surface area contributed by atoms with Crippen molar-refractivity contribution in [1.82, 2.24) is 10.2 Å². The van der Waals surface area contributed by atoms with Gasteiger partial charge in [-0.15, -0.1) is 0 Å². The van der Waals surface area contributed by atoms with Gasteiger partial charge >= 0.3 is 0 Å². The highest BCUT2D eigenvalue weighted by molar-refractivity contribution is 5.81. The van der Waals surface area contributed by atoms with Gasteiger partial charge in [0.1, 0.15) is 0 Å². The summed E-state index contributed by atoms with van der Waals surface area (Å²) in [6, 6.07) is 0.0644. The summed E-state index contributed by atoms with van der Waals surface area (Å²) in [4.78, 5) is 13.9. The summed E-state index contributed by atoms with van der Waals surface area (Å²) in [6.07, 6.45) is 4.44. The zero-order chi connectivity index (χ0) is 11.4. The maximum Gasteiger partial charge on any atom is 0.239 e. The lowest BCUT2D eigenvalue weighted by Gasteiger charge is -2.28. The van der Waals surface area contributed by atoms with Gasteiger partial charge in [0, 0.05) is 20.2 Å². The van der Waals surface area contributed by atoms with E-state index in [0.717, 1.165) is 45.6 Å². The van der Waals surface area contributed by atoms with E-state index in [4.69, 9.17) is 4.74 Å². The molecule has 2 fully saturated rings. The zero-order valence-corrected chi connectivity index (χ0v) is 10.1. The Morgan fingerprint density at radius 3 is 2.94 bits per heavy atom. The van der Waals surface area contributed by atoms with Gasteiger partial charge in [0.2, 0.25) is 5.91 Å². The molecule has 16 heavy (non-hydrogen) atoms. The van der Waals surface area contributed by atoms with Crippen LogP contribution in [0.1, 0.15) is 25.7 Å². The van der Waals surface area contributed by atoms with Gasteiger partial charge < -0.3 is 15.0 Å². The van der Waals surface area contributed by atoms with E-state index in [1.165, 1.54) is 6.42 Å². The molecule has 2 heterocycles. The third-order valence-corrected chi connectivity index (χ3v) is 3.52. The van der Waals surface area contributed by atoms with E-state index >= 15 is 0 Å². The monoisotopic (exact) mass is 226 g/mol. The third-order valence-electron chi connectivity index (χ3n) is 3.52. The second-order valence-corrected chi connectivity index (χ2v) is 4.95. The highest BCUT2D eigenvalue weighted by Crippen LogP contribution is 2.16. The second-order valence-electron chi connectivity index (χ2n) is 4.95. The molecule has 0 bridgehead atoms. The number of hydrogen-bond donors (Lipinski definition) is 1. The summed E-state index contributed by atoms with van der Waals surface area (Å²) in [5.41, 5.74) is 0. The Balaban J connectivity index is 1.77. The molecule has 4 nitrogen and oxygen atoms in total. The number of hydrogen-bond acceptors (Lipinski definition) is 3. The average Bonchev–Trinajstić information content (AvgIpc) is 2.83. The first kappa shape index (κ1) is 11.9. The van der Waals surface area contributed by atoms with Crippen LogP contribution in [-0.4, -0.2) is 50.2 Å². The molecule has 2 aliphatic rings. The summed E-state index contributed by atoms with van der Waals surface area (Å²) >= 11 is 0.